The predicted octanol–water partition coefficient (Wildman–Crippen LogP) is 9.42. The van der Waals surface area contributed by atoms with Crippen LogP contribution in [0.4, 0.5) is 0 Å². The van der Waals surface area contributed by atoms with E-state index in [1.807, 2.05) is 5.56 Å². The summed E-state index contributed by atoms with van der Waals surface area (Å²) in [5.41, 5.74) is 3.39. The molecule has 33 fully saturated rings. The molecule has 372 valence electrons. The Hall–Kier alpha value is -1.31. The SMILES string of the molecule is COC(=O)CCCC1(c2ccccc2)[C@]23C4C5C6C7C8C9C%10C%11C%12C%13C%10C%10C8C8C%14C%10C%10C%13C%13C%15C%12C%12C%16C%11C%11C9C7C7C9C%11C%16C%11C%16C%12C%15C%12C%15C%13C%10C%10C%14C(C4C86)C4C%10C%15C6C%12C%16C8C%11C9C(C75)C2C8C6[C@]413. The van der Waals surface area contributed by atoms with E-state index in [2.05, 4.69) is 30.3 Å². The van der Waals surface area contributed by atoms with Gasteiger partial charge in [-0.25, -0.2) is 0 Å². The Bertz CT molecular complexity index is 2920. The molecule has 61 atom stereocenters. The van der Waals surface area contributed by atoms with E-state index in [4.69, 9.17) is 4.74 Å². The van der Waals surface area contributed by atoms with Crippen molar-refractivity contribution in [3.8, 4) is 0 Å². The Morgan fingerprint density at radius 3 is 0.770 bits per heavy atom. The monoisotopic (exact) mass is 969 g/mol. The van der Waals surface area contributed by atoms with E-state index >= 15 is 0 Å². The van der Waals surface area contributed by atoms with Gasteiger partial charge in [0.15, 0.2) is 0 Å². The molecule has 33 aliphatic carbocycles. The number of carbonyl (C=O) groups is 1. The van der Waals surface area contributed by atoms with Gasteiger partial charge in [0.05, 0.1) is 7.11 Å². The molecule has 34 rings (SSSR count). The third kappa shape index (κ3) is 2.04. The maximum absolute atomic E-state index is 13.8. The van der Waals surface area contributed by atoms with Crippen LogP contribution in [0, 0.1) is 354 Å². The molecular weight excluding hydrogens is 897 g/mol. The van der Waals surface area contributed by atoms with Crippen molar-refractivity contribution >= 4 is 5.97 Å². The first kappa shape index (κ1) is 34.1. The minimum Gasteiger partial charge on any atom is -0.469 e. The second kappa shape index (κ2) is 8.47. The van der Waals surface area contributed by atoms with Gasteiger partial charge in [0.25, 0.3) is 0 Å². The van der Waals surface area contributed by atoms with Crippen LogP contribution in [-0.4, -0.2) is 13.1 Å². The largest absolute Gasteiger partial charge is 0.469 e. The fourth-order valence-electron chi connectivity index (χ4n) is 50.5. The molecule has 0 N–H and O–H groups in total. The Morgan fingerprint density at radius 1 is 0.311 bits per heavy atom. The average Bonchev–Trinajstić information content (AvgIpc) is 3.83. The number of methoxy groups -OCH3 is 1. The smallest absolute Gasteiger partial charge is 0.305 e. The Labute approximate surface area is 435 Å². The first-order chi connectivity index (χ1) is 36.8. The maximum atomic E-state index is 13.8. The topological polar surface area (TPSA) is 26.3 Å². The summed E-state index contributed by atoms with van der Waals surface area (Å²) in [6.07, 6.45) is 3.20. The van der Waals surface area contributed by atoms with Gasteiger partial charge in [-0.1, -0.05) is 30.3 Å². The Morgan fingerprint density at radius 2 is 0.514 bits per heavy atom. The van der Waals surface area contributed by atoms with Crippen molar-refractivity contribution in [2.24, 2.45) is 354 Å². The second-order valence-corrected chi connectivity index (χ2v) is 38.7. The number of hydrogen-bond acceptors (Lipinski definition) is 2. The van der Waals surface area contributed by atoms with Gasteiger partial charge in [-0.2, -0.15) is 0 Å². The maximum Gasteiger partial charge on any atom is 0.305 e. The van der Waals surface area contributed by atoms with Crippen LogP contribution in [0.25, 0.3) is 0 Å². The van der Waals surface area contributed by atoms with E-state index in [9.17, 15) is 4.79 Å². The van der Waals surface area contributed by atoms with Gasteiger partial charge in [0, 0.05) is 11.8 Å². The number of rotatable bonds is 5. The molecule has 1 aromatic rings. The summed E-state index contributed by atoms with van der Waals surface area (Å²) in [7, 11) is 1.73. The molecule has 74 heavy (non-hydrogen) atoms. The molecule has 59 unspecified atom stereocenters. The van der Waals surface area contributed by atoms with Crippen LogP contribution in [0.15, 0.2) is 30.3 Å². The van der Waals surface area contributed by atoms with Gasteiger partial charge >= 0.3 is 5.97 Å². The molecular formula is C72H72O2. The van der Waals surface area contributed by atoms with Crippen LogP contribution in [0.3, 0.4) is 0 Å². The molecule has 2 spiro atoms. The molecule has 0 aromatic heterocycles. The highest BCUT2D eigenvalue weighted by molar-refractivity contribution is 5.69. The van der Waals surface area contributed by atoms with Gasteiger partial charge in [-0.3, -0.25) is 4.79 Å². The molecule has 0 radical (unpaired) electrons. The third-order valence-electron chi connectivity index (χ3n) is 44.1. The van der Waals surface area contributed by atoms with Gasteiger partial charge in [-0.15, -0.1) is 0 Å². The Kier molecular flexibility index (Phi) is 3.90. The quantitative estimate of drug-likeness (QED) is 0.275. The summed E-state index contributed by atoms with van der Waals surface area (Å²) >= 11 is 0. The first-order valence-electron chi connectivity index (χ1n) is 34.9. The molecule has 33 aliphatic rings. The van der Waals surface area contributed by atoms with E-state index in [1.165, 1.54) is 285 Å². The fraction of sp³-hybridized carbons (Fsp3) is 0.903. The fourth-order valence-corrected chi connectivity index (χ4v) is 50.5. The van der Waals surface area contributed by atoms with Gasteiger partial charge in [0.1, 0.15) is 0 Å². The highest BCUT2D eigenvalue weighted by atomic mass is 16.5. The number of carbonyl (C=O) groups excluding carboxylic acids is 1. The van der Waals surface area contributed by atoms with E-state index in [-0.39, 0.29) is 5.97 Å². The van der Waals surface area contributed by atoms with Crippen molar-refractivity contribution < 1.29 is 9.53 Å². The number of hydrogen-bond donors (Lipinski definition) is 0. The van der Waals surface area contributed by atoms with E-state index < -0.39 is 0 Å². The first-order valence-corrected chi connectivity index (χ1v) is 34.9. The predicted molar refractivity (Wildman–Crippen MR) is 261 cm³/mol. The van der Waals surface area contributed by atoms with Crippen LogP contribution in [0.1, 0.15) is 24.8 Å². The van der Waals surface area contributed by atoms with Crippen molar-refractivity contribution in [2.45, 2.75) is 24.7 Å². The molecule has 0 aliphatic heterocycles. The van der Waals surface area contributed by atoms with E-state index in [1.54, 1.807) is 7.11 Å². The van der Waals surface area contributed by atoms with Crippen molar-refractivity contribution in [3.63, 3.8) is 0 Å². The average molecular weight is 969 g/mol. The molecule has 0 amide bonds. The standard InChI is InChI=1S/C72H72O2/c1-74-11(73)8-5-9-70(10-6-3-2-4-7-10)71-66-59-52-40-32-23-14-12-13-15-18(14)27-34(32)42-43-35(27)33-24(15)26-22-17(13)20-19-16(12)21-25(23)38(40)46-44-30(21)28(19)36-37-29(20)31(22)45-47-39(26)41(33)53-55(43)64(63(66)54(42)52)67-60(53)58(47)62-51(45)49(37)56-48(36)50(44)61(57(46)59)68(71)65(56)69(62)72(67,70)71/h2-4,6-7,12-69H,5,8-9H2,1H3/t12?,13?,14?,15?,16?,17?,18?,19?,20?,21?,22?,23?,24?,25?,26?,27?,28?,29?,30?,31?,32?,33?,34?,35?,36?,37?,38?,39?,40?,41?,42?,43?,44?,45?,46?,47?,48?,49?,50?,51?,52?,53?,54?,55?,56?,57?,58?,59?,60?,61?,62?,63?,64?,65?,66?,67?,68?,69?,70?,71-,72+. The Balaban J connectivity index is 0.832. The zero-order chi connectivity index (χ0) is 44.5. The molecule has 0 heterocycles. The van der Waals surface area contributed by atoms with Crippen LogP contribution in [0.5, 0.6) is 0 Å². The molecule has 2 nitrogen and oxygen atoms in total. The van der Waals surface area contributed by atoms with Gasteiger partial charge in [0.2, 0.25) is 0 Å². The van der Waals surface area contributed by atoms with Crippen LogP contribution >= 0.6 is 0 Å². The number of benzene rings is 1. The van der Waals surface area contributed by atoms with Crippen molar-refractivity contribution in [2.75, 3.05) is 7.11 Å². The minimum absolute atomic E-state index is 0.120. The highest BCUT2D eigenvalue weighted by Gasteiger charge is 3.12. The molecule has 0 saturated heterocycles. The highest BCUT2D eigenvalue weighted by Crippen LogP contribution is 3.14. The molecule has 0 bridgehead atoms. The number of esters is 1. The lowest BCUT2D eigenvalue weighted by atomic mass is 9.37. The molecule has 2 heteroatoms. The van der Waals surface area contributed by atoms with Crippen molar-refractivity contribution in [3.05, 3.63) is 35.9 Å². The van der Waals surface area contributed by atoms with Gasteiger partial charge < -0.3 is 4.74 Å². The summed E-state index contributed by atoms with van der Waals surface area (Å²) in [6, 6.07) is 13.5. The van der Waals surface area contributed by atoms with Crippen LogP contribution < -0.4 is 0 Å². The van der Waals surface area contributed by atoms with Crippen LogP contribution in [-0.2, 0) is 14.9 Å². The lowest BCUT2D eigenvalue weighted by molar-refractivity contribution is -0.202. The van der Waals surface area contributed by atoms with Crippen molar-refractivity contribution in [1.82, 2.24) is 0 Å². The van der Waals surface area contributed by atoms with Crippen molar-refractivity contribution in [1.29, 1.82) is 0 Å². The third-order valence-corrected chi connectivity index (χ3v) is 44.1. The lowest BCUT2D eigenvalue weighted by Crippen LogP contribution is -2.64. The molecule has 1 aromatic carbocycles. The summed E-state index contributed by atoms with van der Waals surface area (Å²) in [5, 5.41) is 0. The molecule has 33 saturated carbocycles. The normalized spacial score (nSPS) is 94.1. The zero-order valence-corrected chi connectivity index (χ0v) is 42.8. The summed E-state index contributed by atoms with van der Waals surface area (Å²) in [4.78, 5) is 13.8. The van der Waals surface area contributed by atoms with Gasteiger partial charge in [-0.05, 0) is 372 Å². The summed E-state index contributed by atoms with van der Waals surface area (Å²) in [5.74, 6) is 70.1. The van der Waals surface area contributed by atoms with E-state index in [0.29, 0.717) is 22.7 Å². The zero-order valence-electron chi connectivity index (χ0n) is 42.8. The van der Waals surface area contributed by atoms with Crippen LogP contribution in [0.2, 0.25) is 0 Å². The summed E-state index contributed by atoms with van der Waals surface area (Å²) in [6.45, 7) is 0. The summed E-state index contributed by atoms with van der Waals surface area (Å²) < 4.78 is 5.72. The minimum atomic E-state index is 0.120. The number of ether oxygens (including phenoxy) is 1. The lowest BCUT2D eigenvalue weighted by Gasteiger charge is -2.67. The second-order valence-electron chi connectivity index (χ2n) is 38.7. The van der Waals surface area contributed by atoms with E-state index in [0.717, 1.165) is 71.5 Å².